The smallest absolute Gasteiger partial charge is 0.345 e. The van der Waals surface area contributed by atoms with Crippen LogP contribution >= 0.6 is 0 Å². The number of aromatic nitrogens is 1. The van der Waals surface area contributed by atoms with Crippen LogP contribution in [0.3, 0.4) is 0 Å². The number of benzene rings is 2. The molecular weight excluding hydrogens is 329 g/mol. The second kappa shape index (κ2) is 6.55. The molecule has 0 bridgehead atoms. The molecule has 3 aromatic rings. The highest BCUT2D eigenvalue weighted by molar-refractivity contribution is 5.94. The zero-order valence-corrected chi connectivity index (χ0v) is 13.3. The molecule has 1 aromatic heterocycles. The number of halogens is 3. The zero-order valence-electron chi connectivity index (χ0n) is 13.3. The van der Waals surface area contributed by atoms with Crippen molar-refractivity contribution in [3.05, 3.63) is 77.6 Å². The molecule has 25 heavy (non-hydrogen) atoms. The molecule has 0 aliphatic rings. The van der Waals surface area contributed by atoms with Gasteiger partial charge in [0, 0.05) is 6.20 Å². The molecule has 128 valence electrons. The Morgan fingerprint density at radius 1 is 1.04 bits per heavy atom. The first-order valence-corrected chi connectivity index (χ1v) is 7.67. The Morgan fingerprint density at radius 3 is 2.40 bits per heavy atom. The number of fused-ring (bicyclic) bond motifs is 1. The molecule has 0 radical (unpaired) electrons. The number of nitrogens with one attached hydrogen (secondary N) is 1. The molecule has 1 amide bonds. The average molecular weight is 344 g/mol. The van der Waals surface area contributed by atoms with Gasteiger partial charge in [-0.05, 0) is 41.5 Å². The summed E-state index contributed by atoms with van der Waals surface area (Å²) in [5.74, 6) is -0.470. The first kappa shape index (κ1) is 17.0. The summed E-state index contributed by atoms with van der Waals surface area (Å²) in [6, 6.07) is 15.3. The van der Waals surface area contributed by atoms with Crippen LogP contribution in [-0.2, 0) is 6.18 Å². The van der Waals surface area contributed by atoms with Crippen LogP contribution in [0.25, 0.3) is 10.8 Å². The molecule has 1 unspecified atom stereocenters. The van der Waals surface area contributed by atoms with Crippen LogP contribution in [0.2, 0.25) is 0 Å². The number of hydrogen-bond acceptors (Lipinski definition) is 2. The van der Waals surface area contributed by atoms with Gasteiger partial charge >= 0.3 is 6.18 Å². The molecule has 0 saturated carbocycles. The van der Waals surface area contributed by atoms with Crippen molar-refractivity contribution in [3.8, 4) is 0 Å². The fourth-order valence-corrected chi connectivity index (χ4v) is 2.54. The van der Waals surface area contributed by atoms with Crippen LogP contribution in [-0.4, -0.2) is 10.9 Å². The van der Waals surface area contributed by atoms with E-state index >= 15 is 0 Å². The lowest BCUT2D eigenvalue weighted by atomic mass is 10.0. The Morgan fingerprint density at radius 2 is 1.76 bits per heavy atom. The van der Waals surface area contributed by atoms with Crippen molar-refractivity contribution >= 4 is 16.7 Å². The van der Waals surface area contributed by atoms with E-state index in [-0.39, 0.29) is 11.6 Å². The van der Waals surface area contributed by atoms with E-state index in [0.29, 0.717) is 0 Å². The number of hydrogen-bond donors (Lipinski definition) is 1. The van der Waals surface area contributed by atoms with Crippen molar-refractivity contribution in [1.29, 1.82) is 0 Å². The number of nitrogens with zero attached hydrogens (tertiary/aromatic N) is 1. The summed E-state index contributed by atoms with van der Waals surface area (Å²) in [5.41, 5.74) is -0.0285. The van der Waals surface area contributed by atoms with E-state index in [2.05, 4.69) is 10.3 Å². The Kier molecular flexibility index (Phi) is 4.44. The summed E-state index contributed by atoms with van der Waals surface area (Å²) >= 11 is 0. The third kappa shape index (κ3) is 3.79. The molecule has 1 heterocycles. The van der Waals surface area contributed by atoms with Gasteiger partial charge in [0.1, 0.15) is 5.69 Å². The molecule has 0 saturated heterocycles. The van der Waals surface area contributed by atoms with Crippen LogP contribution in [0.1, 0.15) is 34.6 Å². The van der Waals surface area contributed by atoms with Gasteiger partial charge in [0.2, 0.25) is 0 Å². The Labute approximate surface area is 142 Å². The van der Waals surface area contributed by atoms with Gasteiger partial charge in [0.15, 0.2) is 0 Å². The minimum Gasteiger partial charge on any atom is -0.345 e. The third-order valence-electron chi connectivity index (χ3n) is 3.94. The summed E-state index contributed by atoms with van der Waals surface area (Å²) in [5, 5.41) is 4.92. The van der Waals surface area contributed by atoms with Gasteiger partial charge < -0.3 is 5.32 Å². The average Bonchev–Trinajstić information content (AvgIpc) is 2.60. The molecule has 3 nitrogen and oxygen atoms in total. The fourth-order valence-electron chi connectivity index (χ4n) is 2.54. The Bertz CT molecular complexity index is 904. The second-order valence-corrected chi connectivity index (χ2v) is 5.73. The van der Waals surface area contributed by atoms with Crippen molar-refractivity contribution in [2.75, 3.05) is 0 Å². The molecule has 2 aromatic carbocycles. The van der Waals surface area contributed by atoms with E-state index in [1.807, 2.05) is 49.4 Å². The normalized spacial score (nSPS) is 12.8. The SMILES string of the molecule is CC(NC(=O)c1ccc(C(F)(F)F)nc1)c1ccc2ccccc2c1. The van der Waals surface area contributed by atoms with Crippen LogP contribution in [0.4, 0.5) is 13.2 Å². The highest BCUT2D eigenvalue weighted by Gasteiger charge is 2.32. The summed E-state index contributed by atoms with van der Waals surface area (Å²) < 4.78 is 37.6. The molecule has 6 heteroatoms. The van der Waals surface area contributed by atoms with Crippen molar-refractivity contribution in [1.82, 2.24) is 10.3 Å². The molecule has 3 rings (SSSR count). The van der Waals surface area contributed by atoms with Gasteiger partial charge in [-0.15, -0.1) is 0 Å². The zero-order chi connectivity index (χ0) is 18.0. The first-order valence-electron chi connectivity index (χ1n) is 7.67. The summed E-state index contributed by atoms with van der Waals surface area (Å²) in [6.07, 6.45) is -3.58. The standard InChI is InChI=1S/C19H15F3N2O/c1-12(14-7-6-13-4-2-3-5-15(13)10-14)24-18(25)16-8-9-17(23-11-16)19(20,21)22/h2-12H,1H3,(H,24,25). The minimum absolute atomic E-state index is 0.0839. The van der Waals surface area contributed by atoms with E-state index in [0.717, 1.165) is 34.7 Å². The lowest BCUT2D eigenvalue weighted by Crippen LogP contribution is -2.27. The van der Waals surface area contributed by atoms with E-state index in [1.165, 1.54) is 0 Å². The van der Waals surface area contributed by atoms with Gasteiger partial charge in [-0.25, -0.2) is 0 Å². The molecule has 0 spiro atoms. The number of rotatable bonds is 3. The maximum Gasteiger partial charge on any atom is 0.433 e. The summed E-state index contributed by atoms with van der Waals surface area (Å²) in [6.45, 7) is 1.82. The van der Waals surface area contributed by atoms with Gasteiger partial charge in [-0.2, -0.15) is 13.2 Å². The van der Waals surface area contributed by atoms with E-state index in [4.69, 9.17) is 0 Å². The van der Waals surface area contributed by atoms with Crippen LogP contribution in [0.5, 0.6) is 0 Å². The van der Waals surface area contributed by atoms with Crippen molar-refractivity contribution in [3.63, 3.8) is 0 Å². The lowest BCUT2D eigenvalue weighted by Gasteiger charge is -2.15. The molecule has 1 atom stereocenters. The lowest BCUT2D eigenvalue weighted by molar-refractivity contribution is -0.141. The summed E-state index contributed by atoms with van der Waals surface area (Å²) in [4.78, 5) is 15.5. The van der Waals surface area contributed by atoms with Crippen LogP contribution < -0.4 is 5.32 Å². The number of alkyl halides is 3. The van der Waals surface area contributed by atoms with Gasteiger partial charge in [-0.3, -0.25) is 9.78 Å². The minimum atomic E-state index is -4.52. The van der Waals surface area contributed by atoms with Gasteiger partial charge in [0.25, 0.3) is 5.91 Å². The number of carbonyl (C=O) groups excluding carboxylic acids is 1. The summed E-state index contributed by atoms with van der Waals surface area (Å²) in [7, 11) is 0. The van der Waals surface area contributed by atoms with Crippen LogP contribution in [0, 0.1) is 0 Å². The third-order valence-corrected chi connectivity index (χ3v) is 3.94. The molecule has 0 aliphatic heterocycles. The van der Waals surface area contributed by atoms with Gasteiger partial charge in [-0.1, -0.05) is 36.4 Å². The monoisotopic (exact) mass is 344 g/mol. The van der Waals surface area contributed by atoms with Crippen molar-refractivity contribution in [2.24, 2.45) is 0 Å². The van der Waals surface area contributed by atoms with Crippen molar-refractivity contribution < 1.29 is 18.0 Å². The number of amides is 1. The Hall–Kier alpha value is -2.89. The predicted octanol–water partition coefficient (Wildman–Crippen LogP) is 4.74. The van der Waals surface area contributed by atoms with Gasteiger partial charge in [0.05, 0.1) is 11.6 Å². The molecule has 0 aliphatic carbocycles. The molecule has 0 fully saturated rings. The van der Waals surface area contributed by atoms with E-state index < -0.39 is 17.8 Å². The Balaban J connectivity index is 1.75. The first-order chi connectivity index (χ1) is 11.8. The largest absolute Gasteiger partial charge is 0.433 e. The number of pyridine rings is 1. The molecular formula is C19H15F3N2O. The quantitative estimate of drug-likeness (QED) is 0.745. The van der Waals surface area contributed by atoms with Crippen LogP contribution in [0.15, 0.2) is 60.8 Å². The topological polar surface area (TPSA) is 42.0 Å². The van der Waals surface area contributed by atoms with E-state index in [9.17, 15) is 18.0 Å². The van der Waals surface area contributed by atoms with Crippen molar-refractivity contribution in [2.45, 2.75) is 19.1 Å². The predicted molar refractivity (Wildman–Crippen MR) is 89.1 cm³/mol. The second-order valence-electron chi connectivity index (χ2n) is 5.73. The number of carbonyl (C=O) groups is 1. The highest BCUT2D eigenvalue weighted by atomic mass is 19.4. The fraction of sp³-hybridized carbons (Fsp3) is 0.158. The molecule has 1 N–H and O–H groups in total. The maximum atomic E-state index is 12.5. The van der Waals surface area contributed by atoms with E-state index in [1.54, 1.807) is 0 Å². The maximum absolute atomic E-state index is 12.5. The highest BCUT2D eigenvalue weighted by Crippen LogP contribution is 2.27.